The summed E-state index contributed by atoms with van der Waals surface area (Å²) < 4.78 is 6.25. The van der Waals surface area contributed by atoms with Crippen LogP contribution in [0.3, 0.4) is 0 Å². The molecule has 0 aliphatic rings. The Labute approximate surface area is 191 Å². The smallest absolute Gasteiger partial charge is 0.242 e. The van der Waals surface area contributed by atoms with Crippen LogP contribution in [0, 0.1) is 0 Å². The van der Waals surface area contributed by atoms with Crippen molar-refractivity contribution >= 4 is 39.5 Å². The van der Waals surface area contributed by atoms with Crippen molar-refractivity contribution in [2.75, 3.05) is 19.4 Å². The van der Waals surface area contributed by atoms with Crippen molar-refractivity contribution in [3.8, 4) is 5.75 Å². The van der Waals surface area contributed by atoms with Gasteiger partial charge in [0, 0.05) is 23.3 Å². The Bertz CT molecular complexity index is 812. The Kier molecular flexibility index (Phi) is 10.2. The number of carbonyl (C=O) groups excluding carboxylic acids is 2. The zero-order valence-corrected chi connectivity index (χ0v) is 20.1. The fourth-order valence-electron chi connectivity index (χ4n) is 3.06. The second-order valence-corrected chi connectivity index (χ2v) is 8.71. The molecule has 30 heavy (non-hydrogen) atoms. The number of hydrogen-bond donors (Lipinski definition) is 1. The second-order valence-electron chi connectivity index (χ2n) is 6.81. The molecule has 0 aliphatic heterocycles. The molecule has 2 aromatic carbocycles. The van der Waals surface area contributed by atoms with E-state index in [2.05, 4.69) is 21.2 Å². The molecule has 0 heterocycles. The van der Waals surface area contributed by atoms with E-state index in [4.69, 9.17) is 4.74 Å². The summed E-state index contributed by atoms with van der Waals surface area (Å²) in [4.78, 5) is 27.4. The molecule has 0 aliphatic carbocycles. The highest BCUT2D eigenvalue weighted by Crippen LogP contribution is 2.20. The average molecular weight is 493 g/mol. The van der Waals surface area contributed by atoms with Crippen LogP contribution < -0.4 is 10.1 Å². The minimum absolute atomic E-state index is 0.0361. The van der Waals surface area contributed by atoms with Crippen LogP contribution in [0.4, 0.5) is 0 Å². The number of nitrogens with zero attached hydrogens (tertiary/aromatic N) is 1. The number of ether oxygens (including phenoxy) is 1. The number of amides is 2. The highest BCUT2D eigenvalue weighted by atomic mass is 79.9. The van der Waals surface area contributed by atoms with E-state index in [-0.39, 0.29) is 11.8 Å². The minimum atomic E-state index is -0.493. The summed E-state index contributed by atoms with van der Waals surface area (Å²) in [5.41, 5.74) is 2.12. The van der Waals surface area contributed by atoms with E-state index < -0.39 is 6.04 Å². The first kappa shape index (κ1) is 24.3. The van der Waals surface area contributed by atoms with Crippen LogP contribution in [0.15, 0.2) is 53.0 Å². The lowest BCUT2D eigenvalue weighted by molar-refractivity contribution is -0.139. The van der Waals surface area contributed by atoms with E-state index in [0.717, 1.165) is 27.1 Å². The molecule has 2 rings (SSSR count). The number of halogens is 1. The van der Waals surface area contributed by atoms with E-state index in [1.54, 1.807) is 23.8 Å². The number of likely N-dealkylation sites (N-methyl/N-ethyl adjacent to an activating group) is 1. The van der Waals surface area contributed by atoms with Crippen molar-refractivity contribution in [1.82, 2.24) is 10.2 Å². The zero-order valence-electron chi connectivity index (χ0n) is 17.7. The molecule has 0 aromatic heterocycles. The number of hydrogen-bond acceptors (Lipinski definition) is 4. The van der Waals surface area contributed by atoms with Gasteiger partial charge in [-0.2, -0.15) is 0 Å². The maximum absolute atomic E-state index is 13.1. The third kappa shape index (κ3) is 7.36. The first-order valence-corrected chi connectivity index (χ1v) is 12.0. The monoisotopic (exact) mass is 492 g/mol. The van der Waals surface area contributed by atoms with Crippen LogP contribution in [0.25, 0.3) is 0 Å². The Hall–Kier alpha value is -1.99. The molecule has 5 nitrogen and oxygen atoms in total. The van der Waals surface area contributed by atoms with Crippen molar-refractivity contribution < 1.29 is 14.3 Å². The SMILES string of the molecule is CCNC(=O)[C@H](CC)N(Cc1ccc(OC)cc1)C(=O)CSCc1ccc(Br)cc1. The van der Waals surface area contributed by atoms with Gasteiger partial charge in [0.15, 0.2) is 0 Å². The molecule has 2 aromatic rings. The maximum Gasteiger partial charge on any atom is 0.242 e. The third-order valence-electron chi connectivity index (χ3n) is 4.66. The molecule has 1 N–H and O–H groups in total. The van der Waals surface area contributed by atoms with Gasteiger partial charge in [0.2, 0.25) is 11.8 Å². The van der Waals surface area contributed by atoms with Crippen molar-refractivity contribution in [3.63, 3.8) is 0 Å². The zero-order chi connectivity index (χ0) is 21.9. The van der Waals surface area contributed by atoms with Gasteiger partial charge < -0.3 is 15.0 Å². The van der Waals surface area contributed by atoms with Gasteiger partial charge in [0.05, 0.1) is 12.9 Å². The highest BCUT2D eigenvalue weighted by molar-refractivity contribution is 9.10. The van der Waals surface area contributed by atoms with Crippen LogP contribution in [0.1, 0.15) is 31.4 Å². The summed E-state index contributed by atoms with van der Waals surface area (Å²) in [6, 6.07) is 15.2. The standard InChI is InChI=1S/C23H29BrN2O3S/c1-4-21(23(28)25-5-2)26(14-17-8-12-20(29-3)13-9-17)22(27)16-30-15-18-6-10-19(24)11-7-18/h6-13,21H,4-5,14-16H2,1-3H3,(H,25,28)/t21-/m0/s1. The molecule has 0 unspecified atom stereocenters. The lowest BCUT2D eigenvalue weighted by Crippen LogP contribution is -2.49. The molecular weight excluding hydrogens is 464 g/mol. The van der Waals surface area contributed by atoms with Gasteiger partial charge in [0.1, 0.15) is 11.8 Å². The Morgan fingerprint density at radius 2 is 1.70 bits per heavy atom. The van der Waals surface area contributed by atoms with E-state index in [9.17, 15) is 9.59 Å². The highest BCUT2D eigenvalue weighted by Gasteiger charge is 2.28. The van der Waals surface area contributed by atoms with Crippen molar-refractivity contribution in [2.24, 2.45) is 0 Å². The fraction of sp³-hybridized carbons (Fsp3) is 0.391. The first-order chi connectivity index (χ1) is 14.5. The number of carbonyl (C=O) groups is 2. The number of nitrogens with one attached hydrogen (secondary N) is 1. The minimum Gasteiger partial charge on any atom is -0.497 e. The molecular formula is C23H29BrN2O3S. The number of methoxy groups -OCH3 is 1. The lowest BCUT2D eigenvalue weighted by Gasteiger charge is -2.30. The van der Waals surface area contributed by atoms with Gasteiger partial charge in [-0.15, -0.1) is 11.8 Å². The summed E-state index contributed by atoms with van der Waals surface area (Å²) in [6.45, 7) is 4.74. The number of thioether (sulfide) groups is 1. The molecule has 0 radical (unpaired) electrons. The molecule has 1 atom stereocenters. The molecule has 162 valence electrons. The number of benzene rings is 2. The molecule has 0 bridgehead atoms. The Morgan fingerprint density at radius 3 is 2.27 bits per heavy atom. The molecule has 0 saturated carbocycles. The van der Waals surface area contributed by atoms with Gasteiger partial charge >= 0.3 is 0 Å². The quantitative estimate of drug-likeness (QED) is 0.496. The van der Waals surface area contributed by atoms with E-state index >= 15 is 0 Å². The average Bonchev–Trinajstić information content (AvgIpc) is 2.75. The normalized spacial score (nSPS) is 11.6. The Morgan fingerprint density at radius 1 is 1.07 bits per heavy atom. The molecule has 0 saturated heterocycles. The summed E-state index contributed by atoms with van der Waals surface area (Å²) in [6.07, 6.45) is 0.561. The van der Waals surface area contributed by atoms with Crippen LogP contribution in [0.5, 0.6) is 5.75 Å². The third-order valence-corrected chi connectivity index (χ3v) is 6.17. The van der Waals surface area contributed by atoms with E-state index in [1.807, 2.05) is 62.4 Å². The summed E-state index contributed by atoms with van der Waals surface area (Å²) in [7, 11) is 1.62. The summed E-state index contributed by atoms with van der Waals surface area (Å²) >= 11 is 4.99. The van der Waals surface area contributed by atoms with Crippen molar-refractivity contribution in [1.29, 1.82) is 0 Å². The molecule has 7 heteroatoms. The number of rotatable bonds is 11. The molecule has 2 amide bonds. The van der Waals surface area contributed by atoms with Gasteiger partial charge in [-0.25, -0.2) is 0 Å². The van der Waals surface area contributed by atoms with E-state index in [0.29, 0.717) is 25.3 Å². The van der Waals surface area contributed by atoms with E-state index in [1.165, 1.54) is 0 Å². The molecule has 0 fully saturated rings. The second kappa shape index (κ2) is 12.6. The summed E-state index contributed by atoms with van der Waals surface area (Å²) in [5.74, 6) is 1.68. The van der Waals surface area contributed by atoms with Crippen molar-refractivity contribution in [2.45, 2.75) is 38.6 Å². The summed E-state index contributed by atoms with van der Waals surface area (Å²) in [5, 5.41) is 2.86. The van der Waals surface area contributed by atoms with Crippen LogP contribution in [0.2, 0.25) is 0 Å². The van der Waals surface area contributed by atoms with Gasteiger partial charge in [-0.1, -0.05) is 47.1 Å². The van der Waals surface area contributed by atoms with Gasteiger partial charge in [0.25, 0.3) is 0 Å². The van der Waals surface area contributed by atoms with Crippen LogP contribution in [-0.4, -0.2) is 42.2 Å². The predicted molar refractivity (Wildman–Crippen MR) is 127 cm³/mol. The lowest BCUT2D eigenvalue weighted by atomic mass is 10.1. The topological polar surface area (TPSA) is 58.6 Å². The van der Waals surface area contributed by atoms with Crippen LogP contribution in [-0.2, 0) is 21.9 Å². The largest absolute Gasteiger partial charge is 0.497 e. The van der Waals surface area contributed by atoms with Crippen LogP contribution >= 0.6 is 27.7 Å². The van der Waals surface area contributed by atoms with Crippen molar-refractivity contribution in [3.05, 3.63) is 64.1 Å². The predicted octanol–water partition coefficient (Wildman–Crippen LogP) is 4.63. The maximum atomic E-state index is 13.1. The van der Waals surface area contributed by atoms with Gasteiger partial charge in [-0.3, -0.25) is 9.59 Å². The fourth-order valence-corrected chi connectivity index (χ4v) is 4.19. The van der Waals surface area contributed by atoms with Gasteiger partial charge in [-0.05, 0) is 48.7 Å². The first-order valence-electron chi connectivity index (χ1n) is 10.0. The Balaban J connectivity index is 2.10. The molecule has 0 spiro atoms.